The Labute approximate surface area is 170 Å². The fraction of sp³-hybridized carbons (Fsp3) is 0.750. The molecule has 160 valence electrons. The van der Waals surface area contributed by atoms with Crippen LogP contribution in [-0.2, 0) is 24.0 Å². The molecule has 3 fully saturated rings. The van der Waals surface area contributed by atoms with Crippen molar-refractivity contribution >= 4 is 29.9 Å². The van der Waals surface area contributed by atoms with Crippen LogP contribution >= 0.6 is 0 Å². The third-order valence-electron chi connectivity index (χ3n) is 6.16. The monoisotopic (exact) mass is 406 g/mol. The highest BCUT2D eigenvalue weighted by atomic mass is 16.2. The van der Waals surface area contributed by atoms with Gasteiger partial charge in [0, 0.05) is 12.6 Å². The Balaban J connectivity index is 1.69. The zero-order chi connectivity index (χ0) is 21.0. The number of amides is 4. The molecule has 0 bridgehead atoms. The predicted octanol–water partition coefficient (Wildman–Crippen LogP) is -0.508. The van der Waals surface area contributed by atoms with Crippen LogP contribution in [0.2, 0.25) is 0 Å². The average molecular weight is 406 g/mol. The molecule has 0 spiro atoms. The Bertz CT molecular complexity index is 678. The highest BCUT2D eigenvalue weighted by Gasteiger charge is 2.49. The van der Waals surface area contributed by atoms with Crippen molar-refractivity contribution in [2.24, 2.45) is 11.8 Å². The minimum atomic E-state index is -0.892. The van der Waals surface area contributed by atoms with Crippen LogP contribution in [0.3, 0.4) is 0 Å². The van der Waals surface area contributed by atoms with E-state index >= 15 is 0 Å². The van der Waals surface area contributed by atoms with Crippen LogP contribution in [0, 0.1) is 11.8 Å². The molecule has 3 N–H and O–H groups in total. The molecule has 4 atom stereocenters. The van der Waals surface area contributed by atoms with E-state index in [9.17, 15) is 24.0 Å². The largest absolute Gasteiger partial charge is 0.350 e. The highest BCUT2D eigenvalue weighted by Crippen LogP contribution is 2.42. The van der Waals surface area contributed by atoms with Gasteiger partial charge < -0.3 is 20.9 Å². The molecular formula is C20H30N4O5. The molecule has 9 heteroatoms. The Morgan fingerprint density at radius 2 is 1.90 bits per heavy atom. The van der Waals surface area contributed by atoms with Crippen LogP contribution in [0.15, 0.2) is 0 Å². The van der Waals surface area contributed by atoms with Gasteiger partial charge in [-0.1, -0.05) is 19.8 Å². The van der Waals surface area contributed by atoms with Crippen LogP contribution in [0.5, 0.6) is 0 Å². The predicted molar refractivity (Wildman–Crippen MR) is 103 cm³/mol. The zero-order valence-electron chi connectivity index (χ0n) is 16.8. The van der Waals surface area contributed by atoms with Gasteiger partial charge in [-0.25, -0.2) is 0 Å². The lowest BCUT2D eigenvalue weighted by Crippen LogP contribution is -2.55. The first kappa shape index (κ1) is 21.3. The van der Waals surface area contributed by atoms with Crippen LogP contribution in [0.4, 0.5) is 0 Å². The number of carbonyl (C=O) groups is 5. The maximum absolute atomic E-state index is 13.1. The third-order valence-corrected chi connectivity index (χ3v) is 6.16. The van der Waals surface area contributed by atoms with Gasteiger partial charge in [-0.3, -0.25) is 24.0 Å². The standard InChI is InChI=1S/C20H30N4O5/c1-2-4-15(18(27)20(29)22-13-7-8-13)23-19(28)17-14-6-3-5-12(14)10-24(17)16(26)9-21-11-25/h11-15,17H,2-10H2,1H3,(H,21,25)(H,22,29)(H,23,28). The molecule has 1 saturated heterocycles. The number of ketones is 1. The summed E-state index contributed by atoms with van der Waals surface area (Å²) in [5, 5.41) is 7.79. The second-order valence-corrected chi connectivity index (χ2v) is 8.31. The Morgan fingerprint density at radius 1 is 1.14 bits per heavy atom. The molecule has 0 aromatic carbocycles. The molecule has 0 radical (unpaired) electrons. The van der Waals surface area contributed by atoms with Gasteiger partial charge in [0.25, 0.3) is 5.91 Å². The summed E-state index contributed by atoms with van der Waals surface area (Å²) in [5.74, 6) is -1.67. The fourth-order valence-electron chi connectivity index (χ4n) is 4.59. The smallest absolute Gasteiger partial charge is 0.289 e. The van der Waals surface area contributed by atoms with Crippen molar-refractivity contribution in [2.75, 3.05) is 13.1 Å². The van der Waals surface area contributed by atoms with E-state index in [4.69, 9.17) is 0 Å². The summed E-state index contributed by atoms with van der Waals surface area (Å²) < 4.78 is 0. The number of Topliss-reactive ketones (excluding diaryl/α,β-unsaturated/α-hetero) is 1. The Morgan fingerprint density at radius 3 is 2.55 bits per heavy atom. The van der Waals surface area contributed by atoms with Crippen molar-refractivity contribution in [1.29, 1.82) is 0 Å². The fourth-order valence-corrected chi connectivity index (χ4v) is 4.59. The van der Waals surface area contributed by atoms with Crippen molar-refractivity contribution in [3.05, 3.63) is 0 Å². The highest BCUT2D eigenvalue weighted by molar-refractivity contribution is 6.38. The van der Waals surface area contributed by atoms with Gasteiger partial charge in [-0.05, 0) is 43.9 Å². The third kappa shape index (κ3) is 4.94. The quantitative estimate of drug-likeness (QED) is 0.333. The van der Waals surface area contributed by atoms with E-state index in [1.807, 2.05) is 6.92 Å². The second kappa shape index (κ2) is 9.37. The first-order valence-corrected chi connectivity index (χ1v) is 10.6. The summed E-state index contributed by atoms with van der Waals surface area (Å²) in [5.41, 5.74) is 0. The van der Waals surface area contributed by atoms with Crippen LogP contribution in [-0.4, -0.2) is 66.0 Å². The molecule has 4 unspecified atom stereocenters. The van der Waals surface area contributed by atoms with Gasteiger partial charge in [-0.15, -0.1) is 0 Å². The summed E-state index contributed by atoms with van der Waals surface area (Å²) in [6.45, 7) is 2.21. The van der Waals surface area contributed by atoms with Crippen LogP contribution < -0.4 is 16.0 Å². The van der Waals surface area contributed by atoms with E-state index in [1.54, 1.807) is 0 Å². The number of carbonyl (C=O) groups excluding carboxylic acids is 5. The van der Waals surface area contributed by atoms with Crippen molar-refractivity contribution in [3.63, 3.8) is 0 Å². The summed E-state index contributed by atoms with van der Waals surface area (Å²) >= 11 is 0. The molecule has 0 aromatic rings. The topological polar surface area (TPSA) is 125 Å². The number of nitrogens with zero attached hydrogens (tertiary/aromatic N) is 1. The van der Waals surface area contributed by atoms with Gasteiger partial charge in [0.2, 0.25) is 24.0 Å². The molecule has 9 nitrogen and oxygen atoms in total. The molecule has 29 heavy (non-hydrogen) atoms. The van der Waals surface area contributed by atoms with E-state index in [-0.39, 0.29) is 36.2 Å². The van der Waals surface area contributed by atoms with Crippen molar-refractivity contribution in [3.8, 4) is 0 Å². The Hall–Kier alpha value is -2.45. The lowest BCUT2D eigenvalue weighted by Gasteiger charge is -2.28. The Kier molecular flexibility index (Phi) is 6.87. The van der Waals surface area contributed by atoms with Gasteiger partial charge >= 0.3 is 0 Å². The molecule has 0 aromatic heterocycles. The summed E-state index contributed by atoms with van der Waals surface area (Å²) in [4.78, 5) is 62.5. The number of likely N-dealkylation sites (tertiary alicyclic amines) is 1. The lowest BCUT2D eigenvalue weighted by molar-refractivity contribution is -0.142. The van der Waals surface area contributed by atoms with Crippen molar-refractivity contribution in [1.82, 2.24) is 20.9 Å². The van der Waals surface area contributed by atoms with Crippen molar-refractivity contribution in [2.45, 2.75) is 70.0 Å². The van der Waals surface area contributed by atoms with E-state index in [2.05, 4.69) is 16.0 Å². The molecule has 4 amide bonds. The summed E-state index contributed by atoms with van der Waals surface area (Å²) in [6.07, 6.45) is 6.03. The van der Waals surface area contributed by atoms with Gasteiger partial charge in [-0.2, -0.15) is 0 Å². The van der Waals surface area contributed by atoms with Crippen molar-refractivity contribution < 1.29 is 24.0 Å². The normalized spacial score (nSPS) is 26.4. The zero-order valence-corrected chi connectivity index (χ0v) is 16.8. The van der Waals surface area contributed by atoms with E-state index < -0.39 is 23.8 Å². The molecule has 1 aliphatic heterocycles. The number of fused-ring (bicyclic) bond motifs is 1. The molecule has 2 aliphatic carbocycles. The minimum absolute atomic E-state index is 0.0489. The number of rotatable bonds is 10. The number of hydrogen-bond acceptors (Lipinski definition) is 5. The van der Waals surface area contributed by atoms with Gasteiger partial charge in [0.05, 0.1) is 12.6 Å². The maximum atomic E-state index is 13.1. The SMILES string of the molecule is CCCC(NC(=O)C1C2CCCC2CN1C(=O)CNC=O)C(=O)C(=O)NC1CC1. The molecule has 2 saturated carbocycles. The molecule has 3 rings (SSSR count). The first-order valence-electron chi connectivity index (χ1n) is 10.6. The number of nitrogens with one attached hydrogen (secondary N) is 3. The average Bonchev–Trinajstić information content (AvgIpc) is 3.26. The van der Waals surface area contributed by atoms with E-state index in [0.29, 0.717) is 25.8 Å². The van der Waals surface area contributed by atoms with Gasteiger partial charge in [0.1, 0.15) is 6.04 Å². The summed E-state index contributed by atoms with van der Waals surface area (Å²) in [6, 6.07) is -1.49. The van der Waals surface area contributed by atoms with E-state index in [0.717, 1.165) is 32.1 Å². The van der Waals surface area contributed by atoms with Crippen LogP contribution in [0.1, 0.15) is 51.9 Å². The lowest BCUT2D eigenvalue weighted by atomic mass is 9.93. The molecule has 1 heterocycles. The minimum Gasteiger partial charge on any atom is -0.350 e. The molecule has 3 aliphatic rings. The maximum Gasteiger partial charge on any atom is 0.289 e. The number of hydrogen-bond donors (Lipinski definition) is 3. The van der Waals surface area contributed by atoms with Gasteiger partial charge in [0.15, 0.2) is 0 Å². The first-order chi connectivity index (χ1) is 14.0. The van der Waals surface area contributed by atoms with Crippen LogP contribution in [0.25, 0.3) is 0 Å². The second-order valence-electron chi connectivity index (χ2n) is 8.31. The molecular weight excluding hydrogens is 376 g/mol. The summed E-state index contributed by atoms with van der Waals surface area (Å²) in [7, 11) is 0. The van der Waals surface area contributed by atoms with E-state index in [1.165, 1.54) is 4.90 Å².